The standard InChI is InChI=1S/C17H20N4O/c1-10-3-4-12-5-11(9-20(12)8-10)17(2)19-21(17)16(22)15-13-6-18-7-14(13)15/h3-5,8-9,13-15,18-19H,6-7H2,1-2H3/t13-,14+,15?,17?,21?. The van der Waals surface area contributed by atoms with E-state index in [1.165, 1.54) is 5.56 Å². The van der Waals surface area contributed by atoms with Crippen molar-refractivity contribution >= 4 is 11.4 Å². The molecule has 1 amide bonds. The molecule has 4 atom stereocenters. The lowest BCUT2D eigenvalue weighted by atomic mass is 10.1. The predicted octanol–water partition coefficient (Wildman–Crippen LogP) is 1.23. The van der Waals surface area contributed by atoms with Crippen molar-refractivity contribution in [2.24, 2.45) is 17.8 Å². The van der Waals surface area contributed by atoms with E-state index < -0.39 is 0 Å². The van der Waals surface area contributed by atoms with Crippen molar-refractivity contribution in [3.63, 3.8) is 0 Å². The SMILES string of the molecule is Cc1ccc2cc(C3(C)NN3C(=O)C3[C@H]4CNC[C@@H]34)cn2c1. The molecule has 3 fully saturated rings. The average Bonchev–Trinajstić information content (AvgIpc) is 3.21. The van der Waals surface area contributed by atoms with E-state index in [0.29, 0.717) is 11.8 Å². The fourth-order valence-electron chi connectivity index (χ4n) is 4.08. The first-order valence-electron chi connectivity index (χ1n) is 7.99. The molecule has 5 heteroatoms. The van der Waals surface area contributed by atoms with Crippen molar-refractivity contribution in [2.45, 2.75) is 19.5 Å². The number of carbonyl (C=O) groups is 1. The highest BCUT2D eigenvalue weighted by Gasteiger charge is 2.63. The van der Waals surface area contributed by atoms with Crippen LogP contribution in [0.25, 0.3) is 5.52 Å². The van der Waals surface area contributed by atoms with Crippen LogP contribution in [0.4, 0.5) is 0 Å². The molecule has 2 aliphatic heterocycles. The van der Waals surface area contributed by atoms with Crippen LogP contribution in [0.1, 0.15) is 18.1 Å². The van der Waals surface area contributed by atoms with Gasteiger partial charge in [0, 0.05) is 29.4 Å². The monoisotopic (exact) mass is 296 g/mol. The van der Waals surface area contributed by atoms with Crippen LogP contribution < -0.4 is 10.7 Å². The zero-order chi connectivity index (χ0) is 15.1. The van der Waals surface area contributed by atoms with Crippen LogP contribution in [-0.2, 0) is 10.5 Å². The first kappa shape index (κ1) is 12.7. The number of pyridine rings is 1. The molecule has 2 aromatic rings. The average molecular weight is 296 g/mol. The first-order valence-corrected chi connectivity index (χ1v) is 7.99. The van der Waals surface area contributed by atoms with E-state index in [2.05, 4.69) is 59.6 Å². The van der Waals surface area contributed by atoms with Gasteiger partial charge in [0.1, 0.15) is 5.66 Å². The molecule has 2 N–H and O–H groups in total. The molecule has 0 radical (unpaired) electrons. The minimum absolute atomic E-state index is 0.231. The molecule has 2 saturated heterocycles. The second kappa shape index (κ2) is 3.91. The van der Waals surface area contributed by atoms with Gasteiger partial charge in [0.25, 0.3) is 0 Å². The van der Waals surface area contributed by atoms with Crippen molar-refractivity contribution in [3.05, 3.63) is 41.7 Å². The van der Waals surface area contributed by atoms with Gasteiger partial charge < -0.3 is 9.72 Å². The number of aromatic nitrogens is 1. The summed E-state index contributed by atoms with van der Waals surface area (Å²) in [5.41, 5.74) is 6.49. The van der Waals surface area contributed by atoms with E-state index >= 15 is 0 Å². The summed E-state index contributed by atoms with van der Waals surface area (Å²) in [5.74, 6) is 1.63. The zero-order valence-corrected chi connectivity index (χ0v) is 12.8. The third-order valence-corrected chi connectivity index (χ3v) is 5.63. The lowest BCUT2D eigenvalue weighted by Gasteiger charge is -2.08. The van der Waals surface area contributed by atoms with Crippen molar-refractivity contribution < 1.29 is 4.79 Å². The molecule has 5 nitrogen and oxygen atoms in total. The number of carbonyl (C=O) groups excluding carboxylic acids is 1. The second-order valence-electron chi connectivity index (χ2n) is 7.14. The van der Waals surface area contributed by atoms with Crippen molar-refractivity contribution in [1.29, 1.82) is 0 Å². The number of nitrogens with zero attached hydrogens (tertiary/aromatic N) is 2. The Labute approximate surface area is 129 Å². The number of hydrogen-bond acceptors (Lipinski definition) is 3. The van der Waals surface area contributed by atoms with Gasteiger partial charge in [-0.3, -0.25) is 4.79 Å². The van der Waals surface area contributed by atoms with E-state index in [1.807, 2.05) is 5.01 Å². The topological polar surface area (TPSA) is 58.5 Å². The second-order valence-corrected chi connectivity index (χ2v) is 7.14. The maximum Gasteiger partial charge on any atom is 0.242 e. The zero-order valence-electron chi connectivity index (χ0n) is 12.8. The first-order chi connectivity index (χ1) is 10.6. The molecule has 1 saturated carbocycles. The van der Waals surface area contributed by atoms with Crippen LogP contribution in [0.2, 0.25) is 0 Å². The largest absolute Gasteiger partial charge is 0.323 e. The molecule has 0 spiro atoms. The number of hydrogen-bond donors (Lipinski definition) is 2. The van der Waals surface area contributed by atoms with Crippen LogP contribution >= 0.6 is 0 Å². The van der Waals surface area contributed by atoms with Crippen LogP contribution in [0.5, 0.6) is 0 Å². The number of aryl methyl sites for hydroxylation is 1. The summed E-state index contributed by atoms with van der Waals surface area (Å²) >= 11 is 0. The van der Waals surface area contributed by atoms with Crippen LogP contribution in [0.3, 0.4) is 0 Å². The maximum atomic E-state index is 12.7. The van der Waals surface area contributed by atoms with Gasteiger partial charge in [0.05, 0.1) is 0 Å². The molecule has 0 bridgehead atoms. The molecule has 114 valence electrons. The van der Waals surface area contributed by atoms with Gasteiger partial charge >= 0.3 is 0 Å². The molecule has 2 unspecified atom stereocenters. The third-order valence-electron chi connectivity index (χ3n) is 5.63. The number of rotatable bonds is 2. The van der Waals surface area contributed by atoms with E-state index in [-0.39, 0.29) is 17.5 Å². The van der Waals surface area contributed by atoms with Gasteiger partial charge in [-0.2, -0.15) is 5.43 Å². The highest BCUT2D eigenvalue weighted by atomic mass is 16.2. The number of nitrogens with one attached hydrogen (secondary N) is 2. The van der Waals surface area contributed by atoms with E-state index in [1.54, 1.807) is 0 Å². The lowest BCUT2D eigenvalue weighted by molar-refractivity contribution is -0.129. The summed E-state index contributed by atoms with van der Waals surface area (Å²) in [6.07, 6.45) is 4.24. The Morgan fingerprint density at radius 1 is 1.27 bits per heavy atom. The van der Waals surface area contributed by atoms with Gasteiger partial charge in [-0.1, -0.05) is 6.07 Å². The van der Waals surface area contributed by atoms with Crippen LogP contribution in [0.15, 0.2) is 30.6 Å². The van der Waals surface area contributed by atoms with Gasteiger partial charge in [0.2, 0.25) is 5.91 Å². The minimum atomic E-state index is -0.346. The number of piperidine rings is 1. The molecule has 2 aromatic heterocycles. The summed E-state index contributed by atoms with van der Waals surface area (Å²) < 4.78 is 2.13. The van der Waals surface area contributed by atoms with E-state index in [4.69, 9.17) is 0 Å². The Balaban J connectivity index is 1.41. The fraction of sp³-hybridized carbons (Fsp3) is 0.471. The van der Waals surface area contributed by atoms with Crippen molar-refractivity contribution in [2.75, 3.05) is 13.1 Å². The molecule has 4 heterocycles. The van der Waals surface area contributed by atoms with E-state index in [9.17, 15) is 4.79 Å². The summed E-state index contributed by atoms with van der Waals surface area (Å²) in [4.78, 5) is 12.7. The summed E-state index contributed by atoms with van der Waals surface area (Å²) in [6.45, 7) is 6.18. The Kier molecular flexibility index (Phi) is 2.25. The Morgan fingerprint density at radius 3 is 2.82 bits per heavy atom. The van der Waals surface area contributed by atoms with Gasteiger partial charge in [0.15, 0.2) is 0 Å². The highest BCUT2D eigenvalue weighted by Crippen LogP contribution is 2.52. The van der Waals surface area contributed by atoms with E-state index in [0.717, 1.165) is 24.2 Å². The highest BCUT2D eigenvalue weighted by molar-refractivity contribution is 5.85. The normalized spacial score (nSPS) is 35.7. The van der Waals surface area contributed by atoms with Crippen molar-refractivity contribution in [1.82, 2.24) is 20.2 Å². The quantitative estimate of drug-likeness (QED) is 0.820. The van der Waals surface area contributed by atoms with Crippen molar-refractivity contribution in [3.8, 4) is 0 Å². The Morgan fingerprint density at radius 2 is 2.05 bits per heavy atom. The van der Waals surface area contributed by atoms with Gasteiger partial charge in [-0.05, 0) is 56.5 Å². The number of amides is 1. The lowest BCUT2D eigenvalue weighted by Crippen LogP contribution is -2.26. The number of hydrazine groups is 1. The smallest absolute Gasteiger partial charge is 0.242 e. The van der Waals surface area contributed by atoms with Crippen LogP contribution in [-0.4, -0.2) is 28.4 Å². The molecule has 1 aliphatic carbocycles. The third kappa shape index (κ3) is 1.58. The fourth-order valence-corrected chi connectivity index (χ4v) is 4.08. The molecular formula is C17H20N4O. The molecule has 5 rings (SSSR count). The summed E-state index contributed by atoms with van der Waals surface area (Å²) in [7, 11) is 0. The van der Waals surface area contributed by atoms with Crippen LogP contribution in [0, 0.1) is 24.7 Å². The maximum absolute atomic E-state index is 12.7. The molecule has 22 heavy (non-hydrogen) atoms. The Bertz CT molecular complexity index is 787. The molecular weight excluding hydrogens is 276 g/mol. The van der Waals surface area contributed by atoms with Gasteiger partial charge in [-0.15, -0.1) is 0 Å². The summed E-state index contributed by atoms with van der Waals surface area (Å²) in [6, 6.07) is 6.39. The van der Waals surface area contributed by atoms with Gasteiger partial charge in [-0.25, -0.2) is 5.01 Å². The Hall–Kier alpha value is -1.85. The summed E-state index contributed by atoms with van der Waals surface area (Å²) in [5, 5.41) is 5.18. The number of fused-ring (bicyclic) bond motifs is 2. The minimum Gasteiger partial charge on any atom is -0.323 e. The predicted molar refractivity (Wildman–Crippen MR) is 82.8 cm³/mol. The molecule has 3 aliphatic rings. The molecule has 0 aromatic carbocycles.